The topological polar surface area (TPSA) is 41.1 Å². The van der Waals surface area contributed by atoms with E-state index in [2.05, 4.69) is 28.8 Å². The van der Waals surface area contributed by atoms with Crippen molar-refractivity contribution in [2.24, 2.45) is 0 Å². The van der Waals surface area contributed by atoms with Crippen molar-refractivity contribution >= 4 is 5.91 Å². The molecule has 1 fully saturated rings. The molecule has 3 nitrogen and oxygen atoms in total. The average molecular weight is 270 g/mol. The zero-order valence-electron chi connectivity index (χ0n) is 11.8. The molecule has 0 aliphatic heterocycles. The van der Waals surface area contributed by atoms with Gasteiger partial charge in [0, 0.05) is 6.04 Å². The molecule has 0 heterocycles. The molecule has 3 aliphatic carbocycles. The summed E-state index contributed by atoms with van der Waals surface area (Å²) in [7, 11) is 0. The molecule has 3 heteroatoms. The monoisotopic (exact) mass is 270 g/mol. The lowest BCUT2D eigenvalue weighted by Crippen LogP contribution is -2.36. The lowest BCUT2D eigenvalue weighted by atomic mass is 9.84. The second kappa shape index (κ2) is 4.88. The van der Waals surface area contributed by atoms with E-state index in [0.717, 1.165) is 6.42 Å². The second-order valence-corrected chi connectivity index (χ2v) is 6.52. The Morgan fingerprint density at radius 1 is 1.25 bits per heavy atom. The number of carbonyl (C=O) groups excluding carboxylic acids is 1. The molecule has 3 aliphatic rings. The lowest BCUT2D eigenvalue weighted by Gasteiger charge is -2.20. The van der Waals surface area contributed by atoms with E-state index in [0.29, 0.717) is 18.5 Å². The summed E-state index contributed by atoms with van der Waals surface area (Å²) in [5.41, 5.74) is 4.46. The fraction of sp³-hybridized carbons (Fsp3) is 0.588. The number of hydrogen-bond acceptors (Lipinski definition) is 2. The number of aryl methyl sites for hydroxylation is 1. The fourth-order valence-corrected chi connectivity index (χ4v) is 3.89. The molecule has 1 aromatic carbocycles. The van der Waals surface area contributed by atoms with Crippen LogP contribution in [-0.2, 0) is 11.2 Å². The molecule has 0 unspecified atom stereocenters. The van der Waals surface area contributed by atoms with Crippen LogP contribution in [0.25, 0.3) is 0 Å². The predicted molar refractivity (Wildman–Crippen MR) is 78.6 cm³/mol. The van der Waals surface area contributed by atoms with Crippen LogP contribution in [0.4, 0.5) is 0 Å². The molecule has 0 aromatic heterocycles. The van der Waals surface area contributed by atoms with Crippen molar-refractivity contribution in [1.29, 1.82) is 0 Å². The molecule has 1 saturated carbocycles. The van der Waals surface area contributed by atoms with Gasteiger partial charge in [-0.15, -0.1) is 0 Å². The molecule has 106 valence electrons. The van der Waals surface area contributed by atoms with Crippen molar-refractivity contribution in [3.05, 3.63) is 34.9 Å². The number of rotatable bonds is 4. The molecule has 2 N–H and O–H groups in total. The van der Waals surface area contributed by atoms with Gasteiger partial charge in [0.2, 0.25) is 5.91 Å². The van der Waals surface area contributed by atoms with Crippen molar-refractivity contribution in [1.82, 2.24) is 10.6 Å². The maximum absolute atomic E-state index is 12.1. The van der Waals surface area contributed by atoms with Gasteiger partial charge in [0.05, 0.1) is 12.6 Å². The molecule has 0 saturated heterocycles. The number of amides is 1. The first-order valence-corrected chi connectivity index (χ1v) is 7.95. The number of carbonyl (C=O) groups is 1. The Hall–Kier alpha value is -1.35. The van der Waals surface area contributed by atoms with Gasteiger partial charge >= 0.3 is 0 Å². The Morgan fingerprint density at radius 2 is 2.15 bits per heavy atom. The minimum absolute atomic E-state index is 0.151. The molecule has 2 atom stereocenters. The third kappa shape index (κ3) is 2.24. The van der Waals surface area contributed by atoms with E-state index >= 15 is 0 Å². The average Bonchev–Trinajstić information content (AvgIpc) is 3.23. The highest BCUT2D eigenvalue weighted by atomic mass is 16.2. The van der Waals surface area contributed by atoms with Crippen LogP contribution in [0.1, 0.15) is 60.8 Å². The molecule has 20 heavy (non-hydrogen) atoms. The van der Waals surface area contributed by atoms with Crippen LogP contribution < -0.4 is 10.6 Å². The van der Waals surface area contributed by atoms with Crippen LogP contribution in [0, 0.1) is 0 Å². The van der Waals surface area contributed by atoms with Crippen LogP contribution in [0.2, 0.25) is 0 Å². The van der Waals surface area contributed by atoms with Gasteiger partial charge in [0.25, 0.3) is 0 Å². The Labute approximate surface area is 120 Å². The van der Waals surface area contributed by atoms with Gasteiger partial charge in [0.1, 0.15) is 0 Å². The van der Waals surface area contributed by atoms with Crippen LogP contribution in [0.15, 0.2) is 18.2 Å². The summed E-state index contributed by atoms with van der Waals surface area (Å²) in [6.45, 7) is 0.473. The van der Waals surface area contributed by atoms with E-state index in [1.165, 1.54) is 43.2 Å². The normalized spacial score (nSPS) is 27.2. The third-order valence-electron chi connectivity index (χ3n) is 5.00. The molecule has 0 radical (unpaired) electrons. The van der Waals surface area contributed by atoms with Crippen LogP contribution >= 0.6 is 0 Å². The van der Waals surface area contributed by atoms with Gasteiger partial charge in [-0.05, 0) is 61.1 Å². The Kier molecular flexibility index (Phi) is 3.03. The Morgan fingerprint density at radius 3 is 3.00 bits per heavy atom. The van der Waals surface area contributed by atoms with E-state index in [-0.39, 0.29) is 11.9 Å². The van der Waals surface area contributed by atoms with E-state index in [1.807, 2.05) is 0 Å². The zero-order valence-corrected chi connectivity index (χ0v) is 11.8. The van der Waals surface area contributed by atoms with E-state index in [9.17, 15) is 4.79 Å². The predicted octanol–water partition coefficient (Wildman–Crippen LogP) is 2.42. The van der Waals surface area contributed by atoms with Gasteiger partial charge < -0.3 is 10.6 Å². The highest BCUT2D eigenvalue weighted by Crippen LogP contribution is 2.47. The largest absolute Gasteiger partial charge is 0.348 e. The van der Waals surface area contributed by atoms with Gasteiger partial charge in [-0.1, -0.05) is 18.2 Å². The van der Waals surface area contributed by atoms with E-state index in [4.69, 9.17) is 0 Å². The fourth-order valence-electron chi connectivity index (χ4n) is 3.89. The van der Waals surface area contributed by atoms with Crippen molar-refractivity contribution in [2.45, 2.75) is 56.5 Å². The molecule has 0 bridgehead atoms. The standard InChI is InChI=1S/C17H22N2O/c20-16(10-18-13-7-8-13)19-15-9-12-5-1-3-11-4-2-6-14(15)17(11)12/h2,4,6,12-13,15,18H,1,3,5,7-10H2,(H,19,20)/t12-,15+/m0/s1. The Bertz CT molecular complexity index is 536. The molecule has 4 rings (SSSR count). The van der Waals surface area contributed by atoms with Crippen molar-refractivity contribution in [3.8, 4) is 0 Å². The van der Waals surface area contributed by atoms with Gasteiger partial charge in [-0.2, -0.15) is 0 Å². The summed E-state index contributed by atoms with van der Waals surface area (Å²) >= 11 is 0. The minimum Gasteiger partial charge on any atom is -0.348 e. The van der Waals surface area contributed by atoms with Gasteiger partial charge in [0.15, 0.2) is 0 Å². The minimum atomic E-state index is 0.151. The van der Waals surface area contributed by atoms with Gasteiger partial charge in [-0.3, -0.25) is 4.79 Å². The zero-order chi connectivity index (χ0) is 13.5. The summed E-state index contributed by atoms with van der Waals surface area (Å²) in [6, 6.07) is 7.47. The molecular formula is C17H22N2O. The summed E-state index contributed by atoms with van der Waals surface area (Å²) in [6.07, 6.45) is 7.35. The summed E-state index contributed by atoms with van der Waals surface area (Å²) in [5.74, 6) is 0.829. The van der Waals surface area contributed by atoms with Crippen molar-refractivity contribution < 1.29 is 4.79 Å². The molecule has 1 aromatic rings. The summed E-state index contributed by atoms with van der Waals surface area (Å²) < 4.78 is 0. The third-order valence-corrected chi connectivity index (χ3v) is 5.00. The van der Waals surface area contributed by atoms with Gasteiger partial charge in [-0.25, -0.2) is 0 Å². The molecule has 0 spiro atoms. The summed E-state index contributed by atoms with van der Waals surface area (Å²) in [4.78, 5) is 12.1. The van der Waals surface area contributed by atoms with Crippen molar-refractivity contribution in [3.63, 3.8) is 0 Å². The number of benzene rings is 1. The van der Waals surface area contributed by atoms with Crippen LogP contribution in [-0.4, -0.2) is 18.5 Å². The van der Waals surface area contributed by atoms with E-state index < -0.39 is 0 Å². The number of nitrogens with one attached hydrogen (secondary N) is 2. The SMILES string of the molecule is O=C(CNC1CC1)N[C@@H]1C[C@@H]2CCCc3cccc1c32. The first kappa shape index (κ1) is 12.4. The van der Waals surface area contributed by atoms with Crippen LogP contribution in [0.3, 0.4) is 0 Å². The summed E-state index contributed by atoms with van der Waals surface area (Å²) in [5, 5.41) is 6.53. The lowest BCUT2D eigenvalue weighted by molar-refractivity contribution is -0.121. The molecule has 1 amide bonds. The van der Waals surface area contributed by atoms with Crippen molar-refractivity contribution in [2.75, 3.05) is 6.54 Å². The first-order valence-electron chi connectivity index (χ1n) is 7.95. The van der Waals surface area contributed by atoms with Crippen LogP contribution in [0.5, 0.6) is 0 Å². The molecular weight excluding hydrogens is 248 g/mol. The highest BCUT2D eigenvalue weighted by Gasteiger charge is 2.35. The maximum atomic E-state index is 12.1. The van der Waals surface area contributed by atoms with E-state index in [1.54, 1.807) is 5.56 Å². The second-order valence-electron chi connectivity index (χ2n) is 6.52. The Balaban J connectivity index is 1.48. The maximum Gasteiger partial charge on any atom is 0.234 e. The number of hydrogen-bond donors (Lipinski definition) is 2. The highest BCUT2D eigenvalue weighted by molar-refractivity contribution is 5.79. The first-order chi connectivity index (χ1) is 9.81. The smallest absolute Gasteiger partial charge is 0.234 e. The quantitative estimate of drug-likeness (QED) is 0.882.